The predicted molar refractivity (Wildman–Crippen MR) is 82.0 cm³/mol. The van der Waals surface area contributed by atoms with Gasteiger partial charge in [-0.3, -0.25) is 4.79 Å². The second-order valence-electron chi connectivity index (χ2n) is 4.65. The van der Waals surface area contributed by atoms with E-state index in [1.54, 1.807) is 7.11 Å². The van der Waals surface area contributed by atoms with Crippen molar-refractivity contribution in [1.29, 1.82) is 0 Å². The summed E-state index contributed by atoms with van der Waals surface area (Å²) in [5, 5.41) is 0. The molecule has 0 bridgehead atoms. The van der Waals surface area contributed by atoms with E-state index in [4.69, 9.17) is 4.74 Å². The summed E-state index contributed by atoms with van der Waals surface area (Å²) in [4.78, 5) is 12.2. The molecule has 0 aliphatic heterocycles. The largest absolute Gasteiger partial charge is 0.497 e. The van der Waals surface area contributed by atoms with Crippen molar-refractivity contribution in [3.8, 4) is 5.75 Å². The molecular formula is C18H18O2. The molecule has 2 rings (SSSR count). The van der Waals surface area contributed by atoms with Gasteiger partial charge in [0.1, 0.15) is 5.75 Å². The molecule has 0 saturated carbocycles. The fourth-order valence-electron chi connectivity index (χ4n) is 1.92. The Morgan fingerprint density at radius 2 is 1.70 bits per heavy atom. The van der Waals surface area contributed by atoms with Crippen LogP contribution in [0.5, 0.6) is 5.75 Å². The van der Waals surface area contributed by atoms with Crippen LogP contribution >= 0.6 is 0 Å². The highest BCUT2D eigenvalue weighted by Gasteiger charge is 2.11. The number of carbonyl (C=O) groups excluding carboxylic acids is 1. The average Bonchev–Trinajstić information content (AvgIpc) is 2.53. The smallest absolute Gasteiger partial charge is 0.169 e. The van der Waals surface area contributed by atoms with Crippen molar-refractivity contribution in [2.75, 3.05) is 7.11 Å². The van der Waals surface area contributed by atoms with Crippen molar-refractivity contribution in [3.05, 3.63) is 71.8 Å². The summed E-state index contributed by atoms with van der Waals surface area (Å²) >= 11 is 0. The van der Waals surface area contributed by atoms with Crippen LogP contribution in [-0.4, -0.2) is 12.9 Å². The molecule has 2 aromatic rings. The van der Waals surface area contributed by atoms with Gasteiger partial charge in [-0.2, -0.15) is 0 Å². The number of hydrogen-bond acceptors (Lipinski definition) is 2. The lowest BCUT2D eigenvalue weighted by molar-refractivity contribution is 0.0953. The van der Waals surface area contributed by atoms with E-state index in [-0.39, 0.29) is 11.7 Å². The van der Waals surface area contributed by atoms with Crippen molar-refractivity contribution in [1.82, 2.24) is 0 Å². The first-order valence-corrected chi connectivity index (χ1v) is 6.62. The third-order valence-electron chi connectivity index (χ3n) is 3.17. The Labute approximate surface area is 119 Å². The molecule has 102 valence electrons. The molecular weight excluding hydrogens is 248 g/mol. The topological polar surface area (TPSA) is 26.3 Å². The van der Waals surface area contributed by atoms with E-state index in [0.717, 1.165) is 16.9 Å². The van der Waals surface area contributed by atoms with Crippen LogP contribution in [0, 0.1) is 5.92 Å². The Balaban J connectivity index is 2.04. The zero-order chi connectivity index (χ0) is 14.4. The minimum absolute atomic E-state index is 0.135. The summed E-state index contributed by atoms with van der Waals surface area (Å²) in [5.41, 5.74) is 1.80. The highest BCUT2D eigenvalue weighted by Crippen LogP contribution is 2.15. The second-order valence-corrected chi connectivity index (χ2v) is 4.65. The van der Waals surface area contributed by atoms with E-state index < -0.39 is 0 Å². The molecule has 1 atom stereocenters. The van der Waals surface area contributed by atoms with Crippen LogP contribution in [0.15, 0.2) is 60.7 Å². The molecule has 1 unspecified atom stereocenters. The minimum atomic E-state index is -0.139. The van der Waals surface area contributed by atoms with Gasteiger partial charge in [0.05, 0.1) is 7.11 Å². The Hall–Kier alpha value is -2.35. The zero-order valence-corrected chi connectivity index (χ0v) is 11.7. The molecule has 0 spiro atoms. The molecule has 0 amide bonds. The van der Waals surface area contributed by atoms with Crippen molar-refractivity contribution in [3.63, 3.8) is 0 Å². The quantitative estimate of drug-likeness (QED) is 0.757. The van der Waals surface area contributed by atoms with Gasteiger partial charge in [0, 0.05) is 11.5 Å². The zero-order valence-electron chi connectivity index (χ0n) is 11.7. The summed E-state index contributed by atoms with van der Waals surface area (Å²) in [7, 11) is 1.64. The summed E-state index contributed by atoms with van der Waals surface area (Å²) < 4.78 is 5.11. The van der Waals surface area contributed by atoms with E-state index in [9.17, 15) is 4.79 Å². The molecule has 0 aliphatic rings. The highest BCUT2D eigenvalue weighted by atomic mass is 16.5. The lowest BCUT2D eigenvalue weighted by Crippen LogP contribution is -2.08. The van der Waals surface area contributed by atoms with Gasteiger partial charge in [0.2, 0.25) is 0 Å². The number of ketones is 1. The Morgan fingerprint density at radius 3 is 2.30 bits per heavy atom. The molecule has 0 N–H and O–H groups in total. The van der Waals surface area contributed by atoms with Crippen LogP contribution in [0.4, 0.5) is 0 Å². The van der Waals surface area contributed by atoms with E-state index in [1.165, 1.54) is 0 Å². The van der Waals surface area contributed by atoms with Crippen molar-refractivity contribution < 1.29 is 9.53 Å². The van der Waals surface area contributed by atoms with Crippen LogP contribution in [0.25, 0.3) is 6.08 Å². The number of allylic oxidation sites excluding steroid dienone is 1. The molecule has 0 aliphatic carbocycles. The van der Waals surface area contributed by atoms with E-state index in [0.29, 0.717) is 0 Å². The molecule has 0 fully saturated rings. The number of Topliss-reactive ketones (excluding diaryl/α,β-unsaturated/α-hetero) is 1. The lowest BCUT2D eigenvalue weighted by Gasteiger charge is -2.05. The molecule has 0 radical (unpaired) electrons. The van der Waals surface area contributed by atoms with E-state index >= 15 is 0 Å². The SMILES string of the molecule is COc1ccc(/C=C/C(C)C(=O)c2ccccc2)cc1. The molecule has 0 saturated heterocycles. The maximum Gasteiger partial charge on any atom is 0.169 e. The summed E-state index contributed by atoms with van der Waals surface area (Å²) in [5.74, 6) is 0.824. The van der Waals surface area contributed by atoms with Gasteiger partial charge in [-0.25, -0.2) is 0 Å². The first-order chi connectivity index (χ1) is 9.70. The van der Waals surface area contributed by atoms with Crippen LogP contribution in [0.1, 0.15) is 22.8 Å². The maximum atomic E-state index is 12.2. The van der Waals surface area contributed by atoms with E-state index in [2.05, 4.69) is 0 Å². The number of rotatable bonds is 5. The normalized spacial score (nSPS) is 12.3. The number of hydrogen-bond donors (Lipinski definition) is 0. The van der Waals surface area contributed by atoms with Gasteiger partial charge in [0.15, 0.2) is 5.78 Å². The second kappa shape index (κ2) is 6.71. The Morgan fingerprint density at radius 1 is 1.05 bits per heavy atom. The lowest BCUT2D eigenvalue weighted by atomic mass is 9.98. The predicted octanol–water partition coefficient (Wildman–Crippen LogP) is 4.23. The number of methoxy groups -OCH3 is 1. The van der Waals surface area contributed by atoms with Crippen molar-refractivity contribution in [2.45, 2.75) is 6.92 Å². The Kier molecular flexibility index (Phi) is 4.72. The molecule has 0 aromatic heterocycles. The molecule has 20 heavy (non-hydrogen) atoms. The minimum Gasteiger partial charge on any atom is -0.497 e. The number of benzene rings is 2. The van der Waals surface area contributed by atoms with Gasteiger partial charge in [-0.15, -0.1) is 0 Å². The van der Waals surface area contributed by atoms with Crippen molar-refractivity contribution in [2.24, 2.45) is 5.92 Å². The number of ether oxygens (including phenoxy) is 1. The molecule has 0 heterocycles. The van der Waals surface area contributed by atoms with Gasteiger partial charge in [0.25, 0.3) is 0 Å². The third kappa shape index (κ3) is 3.58. The van der Waals surface area contributed by atoms with Gasteiger partial charge in [-0.05, 0) is 17.7 Å². The highest BCUT2D eigenvalue weighted by molar-refractivity contribution is 5.99. The standard InChI is InChI=1S/C18H18O2/c1-14(18(19)16-6-4-3-5-7-16)8-9-15-10-12-17(20-2)13-11-15/h3-14H,1-2H3/b9-8+. The first kappa shape index (κ1) is 14.1. The molecule has 2 heteroatoms. The molecule has 2 nitrogen and oxygen atoms in total. The first-order valence-electron chi connectivity index (χ1n) is 6.62. The maximum absolute atomic E-state index is 12.2. The van der Waals surface area contributed by atoms with Crippen molar-refractivity contribution >= 4 is 11.9 Å². The van der Waals surface area contributed by atoms with Crippen LogP contribution < -0.4 is 4.74 Å². The third-order valence-corrected chi connectivity index (χ3v) is 3.17. The number of carbonyl (C=O) groups is 1. The van der Waals surface area contributed by atoms with Crippen LogP contribution in [0.3, 0.4) is 0 Å². The van der Waals surface area contributed by atoms with Crippen LogP contribution in [-0.2, 0) is 0 Å². The van der Waals surface area contributed by atoms with Gasteiger partial charge in [-0.1, -0.05) is 61.5 Å². The Bertz CT molecular complexity index is 583. The fourth-order valence-corrected chi connectivity index (χ4v) is 1.92. The fraction of sp³-hybridized carbons (Fsp3) is 0.167. The molecule has 2 aromatic carbocycles. The monoisotopic (exact) mass is 266 g/mol. The summed E-state index contributed by atoms with van der Waals surface area (Å²) in [6.07, 6.45) is 3.89. The van der Waals surface area contributed by atoms with Gasteiger partial charge >= 0.3 is 0 Å². The van der Waals surface area contributed by atoms with E-state index in [1.807, 2.05) is 73.7 Å². The van der Waals surface area contributed by atoms with Gasteiger partial charge < -0.3 is 4.74 Å². The summed E-state index contributed by atoms with van der Waals surface area (Å²) in [6.45, 7) is 1.91. The summed E-state index contributed by atoms with van der Waals surface area (Å²) in [6, 6.07) is 17.1. The average molecular weight is 266 g/mol. The van der Waals surface area contributed by atoms with Crippen LogP contribution in [0.2, 0.25) is 0 Å².